The van der Waals surface area contributed by atoms with Gasteiger partial charge in [-0.2, -0.15) is 13.5 Å². The number of halogens is 2. The van der Waals surface area contributed by atoms with Crippen LogP contribution in [-0.2, 0) is 10.0 Å². The Balaban J connectivity index is 2.21. The number of benzene rings is 2. The van der Waals surface area contributed by atoms with Gasteiger partial charge in [-0.25, -0.2) is 4.83 Å². The van der Waals surface area contributed by atoms with Crippen molar-refractivity contribution in [1.29, 1.82) is 0 Å². The minimum absolute atomic E-state index is 0.0820. The largest absolute Gasteiger partial charge is 0.490 e. The molecule has 0 saturated heterocycles. The van der Waals surface area contributed by atoms with Gasteiger partial charge in [-0.3, -0.25) is 10.1 Å². The first-order valence-electron chi connectivity index (χ1n) is 6.57. The minimum Gasteiger partial charge on any atom is -0.490 e. The van der Waals surface area contributed by atoms with Crippen molar-refractivity contribution in [3.63, 3.8) is 0 Å². The van der Waals surface area contributed by atoms with Gasteiger partial charge in [0.15, 0.2) is 5.75 Å². The number of nitro benzene ring substituents is 1. The Morgan fingerprint density at radius 2 is 1.92 bits per heavy atom. The molecule has 0 radical (unpaired) electrons. The van der Waals surface area contributed by atoms with E-state index in [1.807, 2.05) is 4.83 Å². The Morgan fingerprint density at radius 3 is 2.52 bits per heavy atom. The molecule has 0 spiro atoms. The molecule has 0 aromatic heterocycles. The quantitative estimate of drug-likeness (QED) is 0.452. The number of nitrogens with zero attached hydrogens (tertiary/aromatic N) is 2. The highest BCUT2D eigenvalue weighted by Gasteiger charge is 2.16. The Labute approximate surface area is 153 Å². The molecule has 0 aliphatic rings. The van der Waals surface area contributed by atoms with Crippen LogP contribution in [0.15, 0.2) is 46.4 Å². The Kier molecular flexibility index (Phi) is 5.83. The summed E-state index contributed by atoms with van der Waals surface area (Å²) in [6.45, 7) is 0. The maximum atomic E-state index is 12.1. The van der Waals surface area contributed by atoms with E-state index in [0.29, 0.717) is 5.56 Å². The molecular weight excluding hydrogens is 393 g/mol. The number of hydrogen-bond donors (Lipinski definition) is 1. The third-order valence-electron chi connectivity index (χ3n) is 2.99. The first-order chi connectivity index (χ1) is 11.7. The topological polar surface area (TPSA) is 111 Å². The van der Waals surface area contributed by atoms with Crippen molar-refractivity contribution in [3.05, 3.63) is 62.1 Å². The molecule has 0 aliphatic carbocycles. The molecule has 2 aromatic rings. The number of methoxy groups -OCH3 is 1. The molecule has 8 nitrogen and oxygen atoms in total. The second-order valence-electron chi connectivity index (χ2n) is 4.62. The van der Waals surface area contributed by atoms with E-state index in [2.05, 4.69) is 5.10 Å². The summed E-state index contributed by atoms with van der Waals surface area (Å²) >= 11 is 11.5. The molecule has 132 valence electrons. The highest BCUT2D eigenvalue weighted by Crippen LogP contribution is 2.27. The van der Waals surface area contributed by atoms with E-state index < -0.39 is 14.9 Å². The lowest BCUT2D eigenvalue weighted by Crippen LogP contribution is -2.18. The SMILES string of the molecule is COc1ccc(/C=N/NS(=O)(=O)c2ccc(Cl)c(Cl)c2)cc1[N+](=O)[O-]. The molecule has 0 fully saturated rings. The summed E-state index contributed by atoms with van der Waals surface area (Å²) in [6.07, 6.45) is 1.13. The summed E-state index contributed by atoms with van der Waals surface area (Å²) in [5.74, 6) is 0.0820. The van der Waals surface area contributed by atoms with E-state index in [1.165, 1.54) is 43.5 Å². The third kappa shape index (κ3) is 4.59. The molecule has 11 heteroatoms. The number of ether oxygens (including phenoxy) is 1. The molecule has 0 heterocycles. The zero-order valence-corrected chi connectivity index (χ0v) is 15.0. The van der Waals surface area contributed by atoms with Crippen LogP contribution in [0.3, 0.4) is 0 Å². The summed E-state index contributed by atoms with van der Waals surface area (Å²) in [5, 5.41) is 14.9. The standard InChI is InChI=1S/C14H11Cl2N3O5S/c1-24-14-5-2-9(6-13(14)19(20)21)8-17-18-25(22,23)10-3-4-11(15)12(16)7-10/h2-8,18H,1H3/b17-8+. The smallest absolute Gasteiger partial charge is 0.311 e. The number of rotatable bonds is 6. The molecule has 0 aliphatic heterocycles. The van der Waals surface area contributed by atoms with Gasteiger partial charge in [-0.1, -0.05) is 23.2 Å². The Morgan fingerprint density at radius 1 is 1.20 bits per heavy atom. The van der Waals surface area contributed by atoms with Crippen LogP contribution in [0, 0.1) is 10.1 Å². The molecule has 1 N–H and O–H groups in total. The first kappa shape index (κ1) is 19.0. The summed E-state index contributed by atoms with van der Waals surface area (Å²) in [7, 11) is -2.65. The first-order valence-corrected chi connectivity index (χ1v) is 8.81. The van der Waals surface area contributed by atoms with Crippen molar-refractivity contribution < 1.29 is 18.1 Å². The monoisotopic (exact) mass is 403 g/mol. The molecule has 0 atom stereocenters. The van der Waals surface area contributed by atoms with Crippen molar-refractivity contribution in [1.82, 2.24) is 4.83 Å². The molecule has 0 bridgehead atoms. The predicted octanol–water partition coefficient (Wildman–Crippen LogP) is 3.22. The lowest BCUT2D eigenvalue weighted by atomic mass is 10.2. The molecule has 0 saturated carbocycles. The van der Waals surface area contributed by atoms with Gasteiger partial charge in [0.1, 0.15) is 0 Å². The molecule has 25 heavy (non-hydrogen) atoms. The fourth-order valence-electron chi connectivity index (χ4n) is 1.80. The fourth-order valence-corrected chi connectivity index (χ4v) is 2.98. The Bertz CT molecular complexity index is 947. The summed E-state index contributed by atoms with van der Waals surface area (Å²) in [6, 6.07) is 7.87. The van der Waals surface area contributed by atoms with Crippen molar-refractivity contribution >= 4 is 45.1 Å². The predicted molar refractivity (Wildman–Crippen MR) is 94.0 cm³/mol. The van der Waals surface area contributed by atoms with Gasteiger partial charge in [0.05, 0.1) is 33.2 Å². The molecule has 2 aromatic carbocycles. The van der Waals surface area contributed by atoms with Crippen LogP contribution in [0.4, 0.5) is 5.69 Å². The fraction of sp³-hybridized carbons (Fsp3) is 0.0714. The molecular formula is C14H11Cl2N3O5S. The second kappa shape index (κ2) is 7.68. The van der Waals surface area contributed by atoms with Crippen LogP contribution >= 0.6 is 23.2 Å². The van der Waals surface area contributed by atoms with E-state index in [1.54, 1.807) is 0 Å². The number of sulfonamides is 1. The average molecular weight is 404 g/mol. The van der Waals surface area contributed by atoms with Crippen molar-refractivity contribution in [2.75, 3.05) is 7.11 Å². The van der Waals surface area contributed by atoms with E-state index in [-0.39, 0.29) is 26.4 Å². The normalized spacial score (nSPS) is 11.5. The highest BCUT2D eigenvalue weighted by atomic mass is 35.5. The van der Waals surface area contributed by atoms with Crippen LogP contribution in [0.25, 0.3) is 0 Å². The molecule has 2 rings (SSSR count). The highest BCUT2D eigenvalue weighted by molar-refractivity contribution is 7.89. The number of nitro groups is 1. The minimum atomic E-state index is -3.96. The maximum absolute atomic E-state index is 12.1. The zero-order valence-electron chi connectivity index (χ0n) is 12.6. The zero-order chi connectivity index (χ0) is 18.6. The van der Waals surface area contributed by atoms with Gasteiger partial charge in [-0.15, -0.1) is 0 Å². The van der Waals surface area contributed by atoms with Gasteiger partial charge >= 0.3 is 5.69 Å². The van der Waals surface area contributed by atoms with Gasteiger partial charge < -0.3 is 4.74 Å². The summed E-state index contributed by atoms with van der Waals surface area (Å²) in [4.78, 5) is 12.2. The van der Waals surface area contributed by atoms with Crippen LogP contribution in [0.2, 0.25) is 10.0 Å². The van der Waals surface area contributed by atoms with Crippen molar-refractivity contribution in [3.8, 4) is 5.75 Å². The van der Waals surface area contributed by atoms with Crippen molar-refractivity contribution in [2.45, 2.75) is 4.90 Å². The van der Waals surface area contributed by atoms with Gasteiger partial charge in [0.25, 0.3) is 10.0 Å². The maximum Gasteiger partial charge on any atom is 0.311 e. The van der Waals surface area contributed by atoms with Crippen LogP contribution in [-0.4, -0.2) is 26.7 Å². The molecule has 0 unspecified atom stereocenters. The van der Waals surface area contributed by atoms with Gasteiger partial charge in [-0.05, 0) is 30.3 Å². The number of hydrazone groups is 1. The van der Waals surface area contributed by atoms with Gasteiger partial charge in [0, 0.05) is 11.6 Å². The molecule has 0 amide bonds. The van der Waals surface area contributed by atoms with E-state index in [0.717, 1.165) is 6.21 Å². The number of nitrogens with one attached hydrogen (secondary N) is 1. The van der Waals surface area contributed by atoms with Crippen molar-refractivity contribution in [2.24, 2.45) is 5.10 Å². The van der Waals surface area contributed by atoms with E-state index in [9.17, 15) is 18.5 Å². The third-order valence-corrected chi connectivity index (χ3v) is 4.95. The number of hydrogen-bond acceptors (Lipinski definition) is 6. The van der Waals surface area contributed by atoms with E-state index in [4.69, 9.17) is 27.9 Å². The summed E-state index contributed by atoms with van der Waals surface area (Å²) < 4.78 is 29.1. The average Bonchev–Trinajstić information content (AvgIpc) is 2.56. The second-order valence-corrected chi connectivity index (χ2v) is 7.09. The van der Waals surface area contributed by atoms with Crippen LogP contribution in [0.5, 0.6) is 5.75 Å². The van der Waals surface area contributed by atoms with Gasteiger partial charge in [0.2, 0.25) is 0 Å². The van der Waals surface area contributed by atoms with Crippen LogP contribution in [0.1, 0.15) is 5.56 Å². The van der Waals surface area contributed by atoms with E-state index >= 15 is 0 Å². The lowest BCUT2D eigenvalue weighted by molar-refractivity contribution is -0.385. The van der Waals surface area contributed by atoms with Crippen LogP contribution < -0.4 is 9.57 Å². The lowest BCUT2D eigenvalue weighted by Gasteiger charge is -2.05. The summed E-state index contributed by atoms with van der Waals surface area (Å²) in [5.41, 5.74) is 0.0446. The Hall–Kier alpha value is -2.36.